The molecule has 0 spiro atoms. The lowest BCUT2D eigenvalue weighted by molar-refractivity contribution is -0.136. The van der Waals surface area contributed by atoms with E-state index >= 15 is 0 Å². The summed E-state index contributed by atoms with van der Waals surface area (Å²) < 4.78 is 0. The number of amides is 2. The molecule has 2 N–H and O–H groups in total. The van der Waals surface area contributed by atoms with Gasteiger partial charge in [0.2, 0.25) is 0 Å². The second-order valence-corrected chi connectivity index (χ2v) is 8.43. The van der Waals surface area contributed by atoms with Crippen molar-refractivity contribution in [1.82, 2.24) is 10.2 Å². The number of carbonyl (C=O) groups is 2. The van der Waals surface area contributed by atoms with E-state index in [1.165, 1.54) is 4.88 Å². The molecule has 7 heteroatoms. The van der Waals surface area contributed by atoms with Crippen molar-refractivity contribution in [2.24, 2.45) is 0 Å². The fourth-order valence-electron chi connectivity index (χ4n) is 3.26. The summed E-state index contributed by atoms with van der Waals surface area (Å²) in [4.78, 5) is 28.9. The maximum atomic E-state index is 12.0. The Kier molecular flexibility index (Phi) is 7.32. The summed E-state index contributed by atoms with van der Waals surface area (Å²) >= 11 is 3.43. The number of benzene rings is 1. The Morgan fingerprint density at radius 1 is 1.19 bits per heavy atom. The summed E-state index contributed by atoms with van der Waals surface area (Å²) in [5.74, 6) is -0.540. The average molecular weight is 404 g/mol. The molecule has 0 bridgehead atoms. The van der Waals surface area contributed by atoms with Crippen molar-refractivity contribution in [3.63, 3.8) is 0 Å². The van der Waals surface area contributed by atoms with Crippen molar-refractivity contribution in [3.05, 3.63) is 46.7 Å². The highest BCUT2D eigenvalue weighted by molar-refractivity contribution is 7.98. The predicted molar refractivity (Wildman–Crippen MR) is 113 cm³/mol. The summed E-state index contributed by atoms with van der Waals surface area (Å²) in [5.41, 5.74) is 0.637. The molecule has 0 unspecified atom stereocenters. The van der Waals surface area contributed by atoms with Crippen LogP contribution in [0.4, 0.5) is 5.69 Å². The van der Waals surface area contributed by atoms with Crippen LogP contribution in [0.2, 0.25) is 0 Å². The van der Waals surface area contributed by atoms with Crippen molar-refractivity contribution < 1.29 is 9.59 Å². The lowest BCUT2D eigenvalue weighted by Crippen LogP contribution is -2.42. The Morgan fingerprint density at radius 2 is 2.00 bits per heavy atom. The number of piperidine rings is 1. The van der Waals surface area contributed by atoms with E-state index in [1.54, 1.807) is 17.8 Å². The third kappa shape index (κ3) is 5.82. The third-order valence-corrected chi connectivity index (χ3v) is 6.54. The lowest BCUT2D eigenvalue weighted by Gasteiger charge is -2.31. The highest BCUT2D eigenvalue weighted by atomic mass is 32.2. The molecule has 0 saturated carbocycles. The van der Waals surface area contributed by atoms with Gasteiger partial charge >= 0.3 is 11.8 Å². The fraction of sp³-hybridized carbons (Fsp3) is 0.400. The molecule has 0 aliphatic carbocycles. The predicted octanol–water partition coefficient (Wildman–Crippen LogP) is 3.40. The fourth-order valence-corrected chi connectivity index (χ4v) is 4.62. The molecule has 0 radical (unpaired) electrons. The molecule has 3 rings (SSSR count). The maximum Gasteiger partial charge on any atom is 0.313 e. The Balaban J connectivity index is 1.36. The first-order valence-corrected chi connectivity index (χ1v) is 11.2. The normalized spacial score (nSPS) is 15.4. The molecule has 1 aliphatic heterocycles. The lowest BCUT2D eigenvalue weighted by atomic mass is 9.95. The minimum atomic E-state index is -0.621. The number of rotatable bonds is 6. The zero-order chi connectivity index (χ0) is 19.1. The van der Waals surface area contributed by atoms with Crippen molar-refractivity contribution >= 4 is 40.6 Å². The van der Waals surface area contributed by atoms with Gasteiger partial charge in [-0.15, -0.1) is 23.1 Å². The van der Waals surface area contributed by atoms with Crippen LogP contribution in [0.5, 0.6) is 0 Å². The van der Waals surface area contributed by atoms with Crippen LogP contribution in [0.25, 0.3) is 0 Å². The van der Waals surface area contributed by atoms with Gasteiger partial charge in [-0.25, -0.2) is 0 Å². The van der Waals surface area contributed by atoms with Gasteiger partial charge in [0.05, 0.1) is 0 Å². The second kappa shape index (κ2) is 9.92. The van der Waals surface area contributed by atoms with Gasteiger partial charge in [0.15, 0.2) is 0 Å². The topological polar surface area (TPSA) is 61.4 Å². The van der Waals surface area contributed by atoms with Crippen LogP contribution in [-0.2, 0) is 9.59 Å². The summed E-state index contributed by atoms with van der Waals surface area (Å²) in [7, 11) is 0. The van der Waals surface area contributed by atoms with Crippen LogP contribution < -0.4 is 10.6 Å². The van der Waals surface area contributed by atoms with Gasteiger partial charge in [0.25, 0.3) is 0 Å². The van der Waals surface area contributed by atoms with Crippen LogP contribution >= 0.6 is 23.1 Å². The second-order valence-electron chi connectivity index (χ2n) is 6.57. The highest BCUT2D eigenvalue weighted by Crippen LogP contribution is 2.30. The van der Waals surface area contributed by atoms with Crippen LogP contribution in [0.15, 0.2) is 46.7 Å². The molecular formula is C20H25N3O2S2. The number of thioether (sulfide) groups is 1. The maximum absolute atomic E-state index is 12.0. The number of anilines is 1. The largest absolute Gasteiger partial charge is 0.347 e. The van der Waals surface area contributed by atoms with Gasteiger partial charge in [-0.2, -0.15) is 0 Å². The molecule has 1 aliphatic rings. The van der Waals surface area contributed by atoms with Gasteiger partial charge in [-0.05, 0) is 67.8 Å². The molecule has 2 amide bonds. The molecule has 2 heterocycles. The molecule has 144 valence electrons. The van der Waals surface area contributed by atoms with E-state index in [1.807, 2.05) is 35.8 Å². The van der Waals surface area contributed by atoms with Gasteiger partial charge < -0.3 is 15.5 Å². The number of nitrogens with zero attached hydrogens (tertiary/aromatic N) is 1. The molecular weight excluding hydrogens is 378 g/mol. The zero-order valence-corrected chi connectivity index (χ0v) is 17.1. The highest BCUT2D eigenvalue weighted by Gasteiger charge is 2.21. The molecule has 1 saturated heterocycles. The Bertz CT molecular complexity index is 756. The van der Waals surface area contributed by atoms with Crippen LogP contribution in [0.3, 0.4) is 0 Å². The third-order valence-electron chi connectivity index (χ3n) is 4.78. The number of likely N-dealkylation sites (tertiary alicyclic amines) is 1. The molecule has 1 fully saturated rings. The van der Waals surface area contributed by atoms with E-state index in [-0.39, 0.29) is 0 Å². The summed E-state index contributed by atoms with van der Waals surface area (Å²) in [6.45, 7) is 3.33. The number of carbonyl (C=O) groups excluding carboxylic acids is 2. The quantitative estimate of drug-likeness (QED) is 0.573. The molecule has 0 atom stereocenters. The molecule has 2 aromatic rings. The van der Waals surface area contributed by atoms with Crippen LogP contribution in [-0.4, -0.2) is 49.1 Å². The summed E-state index contributed by atoms with van der Waals surface area (Å²) in [5, 5.41) is 7.51. The Morgan fingerprint density at radius 3 is 2.70 bits per heavy atom. The monoisotopic (exact) mass is 403 g/mol. The van der Waals surface area contributed by atoms with Crippen molar-refractivity contribution in [1.29, 1.82) is 0 Å². The number of hydrogen-bond acceptors (Lipinski definition) is 5. The minimum absolute atomic E-state index is 0.487. The van der Waals surface area contributed by atoms with Crippen LogP contribution in [0, 0.1) is 0 Å². The van der Waals surface area contributed by atoms with Gasteiger partial charge in [0.1, 0.15) is 0 Å². The molecule has 5 nitrogen and oxygen atoms in total. The van der Waals surface area contributed by atoms with E-state index in [0.29, 0.717) is 18.2 Å². The SMILES string of the molecule is CSc1cccc(NC(=O)C(=O)NCCN2CCC(c3cccs3)CC2)c1. The smallest absolute Gasteiger partial charge is 0.313 e. The Labute approximate surface area is 168 Å². The molecule has 1 aromatic heterocycles. The van der Waals surface area contributed by atoms with E-state index < -0.39 is 11.8 Å². The summed E-state index contributed by atoms with van der Waals surface area (Å²) in [6, 6.07) is 11.8. The van der Waals surface area contributed by atoms with E-state index in [0.717, 1.165) is 37.4 Å². The zero-order valence-electron chi connectivity index (χ0n) is 15.4. The standard InChI is InChI=1S/C20H25N3O2S2/c1-26-17-5-2-4-16(14-17)22-20(25)19(24)21-9-12-23-10-7-15(8-11-23)18-6-3-13-27-18/h2-6,13-15H,7-12H2,1H3,(H,21,24)(H,22,25). The van der Waals surface area contributed by atoms with E-state index in [4.69, 9.17) is 0 Å². The van der Waals surface area contributed by atoms with Crippen molar-refractivity contribution in [2.75, 3.05) is 37.8 Å². The molecule has 27 heavy (non-hydrogen) atoms. The van der Waals surface area contributed by atoms with Crippen molar-refractivity contribution in [2.45, 2.75) is 23.7 Å². The van der Waals surface area contributed by atoms with Crippen LogP contribution in [0.1, 0.15) is 23.6 Å². The van der Waals surface area contributed by atoms with Gasteiger partial charge in [-0.1, -0.05) is 12.1 Å². The first-order chi connectivity index (χ1) is 13.2. The number of thiophene rings is 1. The first-order valence-electron chi connectivity index (χ1n) is 9.14. The Hall–Kier alpha value is -1.83. The molecule has 1 aromatic carbocycles. The number of hydrogen-bond donors (Lipinski definition) is 2. The summed E-state index contributed by atoms with van der Waals surface area (Å²) in [6.07, 6.45) is 4.28. The first kappa shape index (κ1) is 19.9. The van der Waals surface area contributed by atoms with Crippen molar-refractivity contribution in [3.8, 4) is 0 Å². The van der Waals surface area contributed by atoms with E-state index in [2.05, 4.69) is 33.0 Å². The van der Waals surface area contributed by atoms with E-state index in [9.17, 15) is 9.59 Å². The van der Waals surface area contributed by atoms with Gasteiger partial charge in [-0.3, -0.25) is 9.59 Å². The van der Waals surface area contributed by atoms with Gasteiger partial charge in [0, 0.05) is 28.5 Å². The number of nitrogens with one attached hydrogen (secondary N) is 2. The average Bonchev–Trinajstić information content (AvgIpc) is 3.23. The minimum Gasteiger partial charge on any atom is -0.347 e.